The van der Waals surface area contributed by atoms with Gasteiger partial charge in [0, 0.05) is 42.1 Å². The Morgan fingerprint density at radius 1 is 1.07 bits per heavy atom. The molecule has 0 bridgehead atoms. The number of aryl methyl sites for hydroxylation is 1. The number of nitrogens with one attached hydrogen (secondary N) is 1. The second kappa shape index (κ2) is 8.14. The van der Waals surface area contributed by atoms with Crippen molar-refractivity contribution < 1.29 is 9.21 Å². The maximum Gasteiger partial charge on any atom is 0.248 e. The lowest BCUT2D eigenvalue weighted by atomic mass is 10.1. The van der Waals surface area contributed by atoms with E-state index in [2.05, 4.69) is 5.32 Å². The molecule has 1 amide bonds. The molecular weight excluding hydrogens is 360 g/mol. The lowest BCUT2D eigenvalue weighted by Crippen LogP contribution is -2.10. The van der Waals surface area contributed by atoms with Crippen LogP contribution in [0.1, 0.15) is 11.3 Å². The monoisotopic (exact) mass is 380 g/mol. The minimum Gasteiger partial charge on any atom is -0.457 e. The number of furan rings is 1. The summed E-state index contributed by atoms with van der Waals surface area (Å²) in [6.45, 7) is 1.95. The van der Waals surface area contributed by atoms with E-state index in [4.69, 9.17) is 16.0 Å². The molecule has 0 atom stereocenters. The van der Waals surface area contributed by atoms with Gasteiger partial charge in [0.25, 0.3) is 0 Å². The van der Waals surface area contributed by atoms with Gasteiger partial charge in [0.2, 0.25) is 5.91 Å². The van der Waals surface area contributed by atoms with E-state index in [1.165, 1.54) is 6.08 Å². The van der Waals surface area contributed by atoms with Gasteiger partial charge in [0.05, 0.1) is 0 Å². The van der Waals surface area contributed by atoms with E-state index >= 15 is 0 Å². The maximum atomic E-state index is 12.1. The molecule has 27 heavy (non-hydrogen) atoms. The Kier molecular flexibility index (Phi) is 5.67. The molecular formula is C22H21ClN2O2. The van der Waals surface area contributed by atoms with Crippen molar-refractivity contribution in [2.24, 2.45) is 0 Å². The van der Waals surface area contributed by atoms with Gasteiger partial charge in [-0.05, 0) is 61.0 Å². The fourth-order valence-electron chi connectivity index (χ4n) is 2.53. The molecule has 0 spiro atoms. The summed E-state index contributed by atoms with van der Waals surface area (Å²) < 4.78 is 5.78. The predicted molar refractivity (Wildman–Crippen MR) is 112 cm³/mol. The molecule has 5 heteroatoms. The third-order valence-electron chi connectivity index (χ3n) is 4.13. The summed E-state index contributed by atoms with van der Waals surface area (Å²) in [5.41, 5.74) is 3.73. The van der Waals surface area contributed by atoms with E-state index in [1.54, 1.807) is 6.08 Å². The van der Waals surface area contributed by atoms with Gasteiger partial charge in [0.15, 0.2) is 0 Å². The van der Waals surface area contributed by atoms with E-state index in [9.17, 15) is 4.79 Å². The maximum absolute atomic E-state index is 12.1. The highest BCUT2D eigenvalue weighted by molar-refractivity contribution is 6.31. The number of carbonyl (C=O) groups is 1. The molecule has 4 nitrogen and oxygen atoms in total. The van der Waals surface area contributed by atoms with Gasteiger partial charge < -0.3 is 14.6 Å². The van der Waals surface area contributed by atoms with Crippen LogP contribution in [0.15, 0.2) is 65.1 Å². The van der Waals surface area contributed by atoms with Crippen molar-refractivity contribution in [3.8, 4) is 11.3 Å². The average molecular weight is 381 g/mol. The number of amides is 1. The van der Waals surface area contributed by atoms with E-state index in [1.807, 2.05) is 80.5 Å². The standard InChI is InChI=1S/C22H21ClN2O2/c1-15-4-5-16(14-20(15)23)21-12-10-19(27-21)11-13-22(26)24-17-6-8-18(9-7-17)25(2)3/h4-14H,1-3H3,(H,24,26). The Bertz CT molecular complexity index is 972. The first kappa shape index (κ1) is 18.8. The van der Waals surface area contributed by atoms with Gasteiger partial charge in [-0.25, -0.2) is 0 Å². The highest BCUT2D eigenvalue weighted by atomic mass is 35.5. The molecule has 0 aliphatic heterocycles. The fourth-order valence-corrected chi connectivity index (χ4v) is 2.71. The van der Waals surface area contributed by atoms with Crippen molar-refractivity contribution >= 4 is 35.0 Å². The zero-order chi connectivity index (χ0) is 19.4. The smallest absolute Gasteiger partial charge is 0.248 e. The van der Waals surface area contributed by atoms with Crippen molar-refractivity contribution in [1.82, 2.24) is 0 Å². The first-order valence-corrected chi connectivity index (χ1v) is 8.93. The van der Waals surface area contributed by atoms with Crippen molar-refractivity contribution in [2.45, 2.75) is 6.92 Å². The lowest BCUT2D eigenvalue weighted by Gasteiger charge is -2.12. The third-order valence-corrected chi connectivity index (χ3v) is 4.54. The Hall–Kier alpha value is -2.98. The van der Waals surface area contributed by atoms with Crippen LogP contribution in [0.5, 0.6) is 0 Å². The second-order valence-electron chi connectivity index (χ2n) is 6.43. The Balaban J connectivity index is 1.64. The summed E-state index contributed by atoms with van der Waals surface area (Å²) in [5, 5.41) is 3.52. The zero-order valence-corrected chi connectivity index (χ0v) is 16.2. The van der Waals surface area contributed by atoms with Crippen LogP contribution in [0.25, 0.3) is 17.4 Å². The number of anilines is 2. The molecule has 0 saturated heterocycles. The largest absolute Gasteiger partial charge is 0.457 e. The molecule has 0 unspecified atom stereocenters. The molecule has 0 aliphatic carbocycles. The normalized spacial score (nSPS) is 11.0. The first-order chi connectivity index (χ1) is 12.9. The number of hydrogen-bond donors (Lipinski definition) is 1. The summed E-state index contributed by atoms with van der Waals surface area (Å²) in [5.74, 6) is 1.08. The molecule has 0 radical (unpaired) electrons. The SMILES string of the molecule is Cc1ccc(-c2ccc(C=CC(=O)Nc3ccc(N(C)C)cc3)o2)cc1Cl. The van der Waals surface area contributed by atoms with Gasteiger partial charge in [0.1, 0.15) is 11.5 Å². The van der Waals surface area contributed by atoms with Crippen LogP contribution in [0.2, 0.25) is 5.02 Å². The van der Waals surface area contributed by atoms with E-state index < -0.39 is 0 Å². The van der Waals surface area contributed by atoms with Crippen LogP contribution in [0.3, 0.4) is 0 Å². The van der Waals surface area contributed by atoms with Crippen LogP contribution in [0.4, 0.5) is 11.4 Å². The third kappa shape index (κ3) is 4.80. The molecule has 1 N–H and O–H groups in total. The summed E-state index contributed by atoms with van der Waals surface area (Å²) in [7, 11) is 3.94. The zero-order valence-electron chi connectivity index (χ0n) is 15.5. The number of nitrogens with zero attached hydrogens (tertiary/aromatic N) is 1. The van der Waals surface area contributed by atoms with Gasteiger partial charge in [-0.2, -0.15) is 0 Å². The highest BCUT2D eigenvalue weighted by Crippen LogP contribution is 2.27. The molecule has 3 aromatic rings. The number of rotatable bonds is 5. The van der Waals surface area contributed by atoms with E-state index in [0.29, 0.717) is 16.5 Å². The molecule has 0 saturated carbocycles. The van der Waals surface area contributed by atoms with Crippen molar-refractivity contribution in [3.05, 3.63) is 77.0 Å². The number of hydrogen-bond acceptors (Lipinski definition) is 3. The molecule has 3 rings (SSSR count). The van der Waals surface area contributed by atoms with Crippen LogP contribution >= 0.6 is 11.6 Å². The Morgan fingerprint density at radius 2 is 1.81 bits per heavy atom. The molecule has 2 aromatic carbocycles. The molecule has 138 valence electrons. The number of carbonyl (C=O) groups excluding carboxylic acids is 1. The Morgan fingerprint density at radius 3 is 2.48 bits per heavy atom. The van der Waals surface area contributed by atoms with Gasteiger partial charge >= 0.3 is 0 Å². The number of benzene rings is 2. The summed E-state index contributed by atoms with van der Waals surface area (Å²) in [6, 6.07) is 17.1. The van der Waals surface area contributed by atoms with Gasteiger partial charge in [-0.15, -0.1) is 0 Å². The lowest BCUT2D eigenvalue weighted by molar-refractivity contribution is -0.111. The topological polar surface area (TPSA) is 45.5 Å². The van der Waals surface area contributed by atoms with Gasteiger partial charge in [-0.3, -0.25) is 4.79 Å². The molecule has 0 aliphatic rings. The highest BCUT2D eigenvalue weighted by Gasteiger charge is 2.06. The molecule has 1 aromatic heterocycles. The molecule has 1 heterocycles. The van der Waals surface area contributed by atoms with E-state index in [-0.39, 0.29) is 5.91 Å². The van der Waals surface area contributed by atoms with Crippen molar-refractivity contribution in [2.75, 3.05) is 24.3 Å². The van der Waals surface area contributed by atoms with Crippen LogP contribution in [0, 0.1) is 6.92 Å². The summed E-state index contributed by atoms with van der Waals surface area (Å²) in [4.78, 5) is 14.1. The minimum atomic E-state index is -0.219. The van der Waals surface area contributed by atoms with Crippen LogP contribution < -0.4 is 10.2 Å². The second-order valence-corrected chi connectivity index (χ2v) is 6.84. The van der Waals surface area contributed by atoms with E-state index in [0.717, 1.165) is 22.5 Å². The fraction of sp³-hybridized carbons (Fsp3) is 0.136. The van der Waals surface area contributed by atoms with Crippen molar-refractivity contribution in [3.63, 3.8) is 0 Å². The predicted octanol–water partition coefficient (Wildman–Crippen LogP) is 5.63. The molecule has 0 fully saturated rings. The summed E-state index contributed by atoms with van der Waals surface area (Å²) >= 11 is 6.17. The quantitative estimate of drug-likeness (QED) is 0.584. The number of halogens is 1. The van der Waals surface area contributed by atoms with Crippen LogP contribution in [-0.2, 0) is 4.79 Å². The van der Waals surface area contributed by atoms with Crippen LogP contribution in [-0.4, -0.2) is 20.0 Å². The minimum absolute atomic E-state index is 0.219. The Labute approximate surface area is 164 Å². The van der Waals surface area contributed by atoms with Crippen molar-refractivity contribution in [1.29, 1.82) is 0 Å². The first-order valence-electron chi connectivity index (χ1n) is 8.55. The average Bonchev–Trinajstić information content (AvgIpc) is 3.12. The summed E-state index contributed by atoms with van der Waals surface area (Å²) in [6.07, 6.45) is 3.09. The van der Waals surface area contributed by atoms with Gasteiger partial charge in [-0.1, -0.05) is 23.7 Å².